The Hall–Kier alpha value is -2.76. The van der Waals surface area contributed by atoms with Crippen molar-refractivity contribution < 1.29 is 27.5 Å². The number of amides is 2. The Balaban J connectivity index is 1.36. The van der Waals surface area contributed by atoms with Gasteiger partial charge in [0.15, 0.2) is 6.61 Å². The van der Waals surface area contributed by atoms with E-state index in [9.17, 15) is 22.8 Å². The highest BCUT2D eigenvalue weighted by molar-refractivity contribution is 7.89. The van der Waals surface area contributed by atoms with Crippen LogP contribution in [0.4, 0.5) is 5.00 Å². The minimum atomic E-state index is -3.57. The predicted octanol–water partition coefficient (Wildman–Crippen LogP) is 1.92. The van der Waals surface area contributed by atoms with E-state index in [0.29, 0.717) is 23.7 Å². The summed E-state index contributed by atoms with van der Waals surface area (Å²) in [7, 11) is -3.57. The molecule has 1 aliphatic heterocycles. The van der Waals surface area contributed by atoms with Crippen LogP contribution in [0.15, 0.2) is 29.2 Å². The molecule has 3 N–H and O–H groups in total. The van der Waals surface area contributed by atoms with Crippen molar-refractivity contribution in [2.45, 2.75) is 37.0 Å². The van der Waals surface area contributed by atoms with Crippen molar-refractivity contribution in [1.29, 1.82) is 0 Å². The predicted molar refractivity (Wildman–Crippen MR) is 118 cm³/mol. The van der Waals surface area contributed by atoms with Crippen molar-refractivity contribution in [2.24, 2.45) is 5.73 Å². The molecule has 2 heterocycles. The Labute approximate surface area is 189 Å². The van der Waals surface area contributed by atoms with Gasteiger partial charge in [-0.3, -0.25) is 9.59 Å². The van der Waals surface area contributed by atoms with Gasteiger partial charge >= 0.3 is 5.97 Å². The summed E-state index contributed by atoms with van der Waals surface area (Å²) in [5.41, 5.74) is 6.82. The number of carbonyl (C=O) groups excluding carboxylic acids is 3. The van der Waals surface area contributed by atoms with E-state index in [2.05, 4.69) is 5.32 Å². The molecule has 9 nitrogen and oxygen atoms in total. The lowest BCUT2D eigenvalue weighted by molar-refractivity contribution is -0.119. The number of sulfonamides is 1. The Bertz CT molecular complexity index is 1160. The highest BCUT2D eigenvalue weighted by atomic mass is 32.2. The molecule has 0 bridgehead atoms. The van der Waals surface area contributed by atoms with Gasteiger partial charge in [-0.2, -0.15) is 4.31 Å². The topological polar surface area (TPSA) is 136 Å². The van der Waals surface area contributed by atoms with Crippen LogP contribution in [0, 0.1) is 0 Å². The number of nitrogens with one attached hydrogen (secondary N) is 1. The number of esters is 1. The summed E-state index contributed by atoms with van der Waals surface area (Å²) < 4.78 is 31.6. The van der Waals surface area contributed by atoms with Crippen LogP contribution in [0.1, 0.15) is 50.4 Å². The summed E-state index contributed by atoms with van der Waals surface area (Å²) >= 11 is 1.32. The maximum Gasteiger partial charge on any atom is 0.338 e. The smallest absolute Gasteiger partial charge is 0.338 e. The molecular formula is C21H23N3O6S2. The highest BCUT2D eigenvalue weighted by Crippen LogP contribution is 2.38. The first-order valence-electron chi connectivity index (χ1n) is 10.3. The number of thiophene rings is 1. The molecule has 0 unspecified atom stereocenters. The Kier molecular flexibility index (Phi) is 6.31. The second-order valence-corrected chi connectivity index (χ2v) is 10.7. The van der Waals surface area contributed by atoms with E-state index < -0.39 is 34.4 Å². The fourth-order valence-corrected chi connectivity index (χ4v) is 6.80. The fraction of sp³-hybridized carbons (Fsp3) is 0.381. The summed E-state index contributed by atoms with van der Waals surface area (Å²) in [5.74, 6) is -1.94. The van der Waals surface area contributed by atoms with Crippen molar-refractivity contribution in [3.05, 3.63) is 45.8 Å². The summed E-state index contributed by atoms with van der Waals surface area (Å²) in [6.07, 6.45) is 4.21. The van der Waals surface area contributed by atoms with E-state index >= 15 is 0 Å². The number of anilines is 1. The minimum Gasteiger partial charge on any atom is -0.452 e. The lowest BCUT2D eigenvalue weighted by Crippen LogP contribution is -2.27. The van der Waals surface area contributed by atoms with Gasteiger partial charge in [0.25, 0.3) is 11.8 Å². The molecule has 1 saturated heterocycles. The van der Waals surface area contributed by atoms with Gasteiger partial charge < -0.3 is 15.8 Å². The summed E-state index contributed by atoms with van der Waals surface area (Å²) in [4.78, 5) is 37.5. The van der Waals surface area contributed by atoms with Crippen LogP contribution in [0.2, 0.25) is 0 Å². The second-order valence-electron chi connectivity index (χ2n) is 7.69. The quantitative estimate of drug-likeness (QED) is 0.585. The third-order valence-corrected chi connectivity index (χ3v) is 8.67. The molecule has 4 rings (SSSR count). The SMILES string of the molecule is NC(=O)c1c(NC(=O)COC(=O)c2ccc(S(=O)(=O)N3CCCC3)cc2)sc2c1CCC2. The molecule has 0 spiro atoms. The molecule has 170 valence electrons. The molecule has 2 aromatic rings. The third kappa shape index (κ3) is 4.41. The van der Waals surface area contributed by atoms with Crippen LogP contribution in [0.25, 0.3) is 0 Å². The number of hydrogen-bond donors (Lipinski definition) is 2. The van der Waals surface area contributed by atoms with Gasteiger partial charge in [0.05, 0.1) is 16.0 Å². The van der Waals surface area contributed by atoms with Gasteiger partial charge in [0.1, 0.15) is 5.00 Å². The highest BCUT2D eigenvalue weighted by Gasteiger charge is 2.28. The maximum atomic E-state index is 12.6. The van der Waals surface area contributed by atoms with Crippen molar-refractivity contribution in [3.63, 3.8) is 0 Å². The number of primary amides is 1. The normalized spacial score (nSPS) is 16.0. The second kappa shape index (κ2) is 9.00. The van der Waals surface area contributed by atoms with Gasteiger partial charge in [-0.25, -0.2) is 13.2 Å². The third-order valence-electron chi connectivity index (χ3n) is 5.55. The van der Waals surface area contributed by atoms with Crippen molar-refractivity contribution in [3.8, 4) is 0 Å². The molecule has 0 atom stereocenters. The molecule has 1 aromatic carbocycles. The fourth-order valence-electron chi connectivity index (χ4n) is 3.97. The Morgan fingerprint density at radius 1 is 1.06 bits per heavy atom. The summed E-state index contributed by atoms with van der Waals surface area (Å²) in [6, 6.07) is 5.43. The van der Waals surface area contributed by atoms with Crippen LogP contribution >= 0.6 is 11.3 Å². The van der Waals surface area contributed by atoms with Crippen molar-refractivity contribution in [2.75, 3.05) is 25.0 Å². The Morgan fingerprint density at radius 3 is 2.41 bits per heavy atom. The van der Waals surface area contributed by atoms with Crippen LogP contribution in [0.5, 0.6) is 0 Å². The summed E-state index contributed by atoms with van der Waals surface area (Å²) in [6.45, 7) is 0.436. The number of fused-ring (bicyclic) bond motifs is 1. The first kappa shape index (κ1) is 22.4. The van der Waals surface area contributed by atoms with Crippen molar-refractivity contribution in [1.82, 2.24) is 4.31 Å². The molecule has 32 heavy (non-hydrogen) atoms. The molecule has 2 aliphatic rings. The number of nitrogens with zero attached hydrogens (tertiary/aromatic N) is 1. The summed E-state index contributed by atoms with van der Waals surface area (Å²) in [5, 5.41) is 2.98. The Morgan fingerprint density at radius 2 is 1.75 bits per heavy atom. The standard InChI is InChI=1S/C21H23N3O6S2/c22-19(26)18-15-4-3-5-16(15)31-20(18)23-17(25)12-30-21(27)13-6-8-14(9-7-13)32(28,29)24-10-1-2-11-24/h6-9H,1-5,10-12H2,(H2,22,26)(H,23,25). The van der Waals surface area contributed by atoms with Crippen LogP contribution in [-0.4, -0.2) is 50.2 Å². The number of ether oxygens (including phenoxy) is 1. The first-order valence-corrected chi connectivity index (χ1v) is 12.5. The van der Waals surface area contributed by atoms with Crippen LogP contribution in [0.3, 0.4) is 0 Å². The van der Waals surface area contributed by atoms with Crippen LogP contribution in [-0.2, 0) is 32.4 Å². The number of nitrogens with two attached hydrogens (primary N) is 1. The van der Waals surface area contributed by atoms with Gasteiger partial charge in [-0.1, -0.05) is 0 Å². The molecule has 0 saturated carbocycles. The monoisotopic (exact) mass is 477 g/mol. The largest absolute Gasteiger partial charge is 0.452 e. The van der Waals surface area contributed by atoms with Gasteiger partial charge in [-0.15, -0.1) is 11.3 Å². The molecular weight excluding hydrogens is 454 g/mol. The average molecular weight is 478 g/mol. The maximum absolute atomic E-state index is 12.6. The van der Waals surface area contributed by atoms with E-state index in [1.807, 2.05) is 0 Å². The molecule has 1 aromatic heterocycles. The molecule has 11 heteroatoms. The molecule has 1 fully saturated rings. The number of aryl methyl sites for hydroxylation is 1. The van der Waals surface area contributed by atoms with Gasteiger partial charge in [-0.05, 0) is 61.9 Å². The van der Waals surface area contributed by atoms with Gasteiger partial charge in [0, 0.05) is 18.0 Å². The van der Waals surface area contributed by atoms with E-state index in [1.54, 1.807) is 0 Å². The molecule has 2 amide bonds. The lowest BCUT2D eigenvalue weighted by atomic mass is 10.1. The zero-order chi connectivity index (χ0) is 22.9. The number of rotatable bonds is 7. The van der Waals surface area contributed by atoms with Crippen molar-refractivity contribution >= 4 is 44.1 Å². The van der Waals surface area contributed by atoms with E-state index in [4.69, 9.17) is 10.5 Å². The number of benzene rings is 1. The van der Waals surface area contributed by atoms with E-state index in [0.717, 1.165) is 42.5 Å². The molecule has 0 radical (unpaired) electrons. The van der Waals surface area contributed by atoms with E-state index in [-0.39, 0.29) is 10.5 Å². The average Bonchev–Trinajstić information content (AvgIpc) is 3.49. The van der Waals surface area contributed by atoms with Gasteiger partial charge in [0.2, 0.25) is 10.0 Å². The zero-order valence-electron chi connectivity index (χ0n) is 17.3. The molecule has 1 aliphatic carbocycles. The first-order chi connectivity index (χ1) is 15.3. The number of hydrogen-bond acceptors (Lipinski definition) is 7. The minimum absolute atomic E-state index is 0.110. The number of carbonyl (C=O) groups is 3. The van der Waals surface area contributed by atoms with E-state index in [1.165, 1.54) is 39.9 Å². The lowest BCUT2D eigenvalue weighted by Gasteiger charge is -2.15. The van der Waals surface area contributed by atoms with Crippen LogP contribution < -0.4 is 11.1 Å². The zero-order valence-corrected chi connectivity index (χ0v) is 18.9.